The molecule has 0 fully saturated rings. The normalized spacial score (nSPS) is 10.3. The van der Waals surface area contributed by atoms with E-state index >= 15 is 0 Å². The Morgan fingerprint density at radius 2 is 1.51 bits per heavy atom. The van der Waals surface area contributed by atoms with Gasteiger partial charge in [0.2, 0.25) is 0 Å². The molecule has 3 aromatic carbocycles. The van der Waals surface area contributed by atoms with Crippen LogP contribution < -0.4 is 25.4 Å². The first-order valence-electron chi connectivity index (χ1n) is 11.9. The number of aromatic nitrogens is 1. The molecule has 9 nitrogen and oxygen atoms in total. The third-order valence-electron chi connectivity index (χ3n) is 5.52. The summed E-state index contributed by atoms with van der Waals surface area (Å²) in [5, 5.41) is 8.15. The van der Waals surface area contributed by atoms with Crippen molar-refractivity contribution in [2.45, 2.75) is 13.1 Å². The number of hydrogen-bond acceptors (Lipinski definition) is 6. The molecule has 4 aromatic rings. The summed E-state index contributed by atoms with van der Waals surface area (Å²) < 4.78 is 23.2. The highest BCUT2D eigenvalue weighted by Crippen LogP contribution is 2.15. The van der Waals surface area contributed by atoms with Gasteiger partial charge in [-0.3, -0.25) is 19.9 Å². The lowest BCUT2D eigenvalue weighted by molar-refractivity contribution is 0.0945. The van der Waals surface area contributed by atoms with E-state index in [-0.39, 0.29) is 30.4 Å². The summed E-state index contributed by atoms with van der Waals surface area (Å²) in [5.41, 5.74) is 2.54. The van der Waals surface area contributed by atoms with Gasteiger partial charge in [0.25, 0.3) is 11.8 Å². The number of carbonyl (C=O) groups excluding carboxylic acids is 3. The SMILES string of the molecule is COc1cccc(CNC(=O)c2cc(C(=O)NCc3ccc(NC(=O)Oc4ccc(F)cc4)cc3)ccn2)c1. The lowest BCUT2D eigenvalue weighted by Crippen LogP contribution is -2.26. The quantitative estimate of drug-likeness (QED) is 0.290. The monoisotopic (exact) mass is 528 g/mol. The number of hydrogen-bond donors (Lipinski definition) is 3. The first-order valence-corrected chi connectivity index (χ1v) is 11.9. The Hall–Kier alpha value is -5.25. The topological polar surface area (TPSA) is 119 Å². The van der Waals surface area contributed by atoms with Gasteiger partial charge in [0, 0.05) is 30.5 Å². The Bertz CT molecular complexity index is 1460. The summed E-state index contributed by atoms with van der Waals surface area (Å²) in [4.78, 5) is 41.3. The van der Waals surface area contributed by atoms with Gasteiger partial charge in [0.15, 0.2) is 0 Å². The zero-order valence-electron chi connectivity index (χ0n) is 20.9. The van der Waals surface area contributed by atoms with Gasteiger partial charge in [0.05, 0.1) is 7.11 Å². The molecule has 0 aliphatic rings. The number of methoxy groups -OCH3 is 1. The number of pyridine rings is 1. The number of benzene rings is 3. The zero-order valence-corrected chi connectivity index (χ0v) is 20.9. The second-order valence-electron chi connectivity index (χ2n) is 8.31. The highest BCUT2D eigenvalue weighted by Gasteiger charge is 2.12. The third-order valence-corrected chi connectivity index (χ3v) is 5.52. The summed E-state index contributed by atoms with van der Waals surface area (Å²) in [5.74, 6) is -0.311. The average Bonchev–Trinajstić information content (AvgIpc) is 2.96. The highest BCUT2D eigenvalue weighted by molar-refractivity contribution is 5.98. The van der Waals surface area contributed by atoms with Crippen LogP contribution in [0.4, 0.5) is 14.9 Å². The maximum Gasteiger partial charge on any atom is 0.417 e. The van der Waals surface area contributed by atoms with E-state index in [4.69, 9.17) is 9.47 Å². The number of nitrogens with zero attached hydrogens (tertiary/aromatic N) is 1. The van der Waals surface area contributed by atoms with Crippen molar-refractivity contribution in [3.63, 3.8) is 0 Å². The average molecular weight is 529 g/mol. The summed E-state index contributed by atoms with van der Waals surface area (Å²) in [6, 6.07) is 22.1. The Balaban J connectivity index is 1.26. The van der Waals surface area contributed by atoms with Crippen molar-refractivity contribution in [1.82, 2.24) is 15.6 Å². The first kappa shape index (κ1) is 26.8. The molecule has 3 N–H and O–H groups in total. The maximum absolute atomic E-state index is 13.0. The molecule has 1 heterocycles. The molecule has 4 rings (SSSR count). The summed E-state index contributed by atoms with van der Waals surface area (Å²) in [6.45, 7) is 0.502. The van der Waals surface area contributed by atoms with Gasteiger partial charge < -0.3 is 20.1 Å². The van der Waals surface area contributed by atoms with Crippen LogP contribution in [0.1, 0.15) is 32.0 Å². The standard InChI is InChI=1S/C29H25FN4O5/c1-38-25-4-2-3-20(15-25)18-33-28(36)26-16-21(13-14-31-26)27(35)32-17-19-5-9-23(10-6-19)34-29(37)39-24-11-7-22(30)8-12-24/h2-16H,17-18H2,1H3,(H,32,35)(H,33,36)(H,34,37). The van der Waals surface area contributed by atoms with E-state index in [1.165, 1.54) is 42.6 Å². The summed E-state index contributed by atoms with van der Waals surface area (Å²) in [7, 11) is 1.57. The van der Waals surface area contributed by atoms with Crippen LogP contribution in [-0.4, -0.2) is 30.0 Å². The van der Waals surface area contributed by atoms with E-state index in [0.717, 1.165) is 11.1 Å². The molecule has 0 unspecified atom stereocenters. The van der Waals surface area contributed by atoms with Gasteiger partial charge in [-0.1, -0.05) is 24.3 Å². The molecule has 3 amide bonds. The number of amides is 3. The summed E-state index contributed by atoms with van der Waals surface area (Å²) in [6.07, 6.45) is 0.685. The fraction of sp³-hybridized carbons (Fsp3) is 0.103. The predicted molar refractivity (Wildman–Crippen MR) is 142 cm³/mol. The molecule has 1 aromatic heterocycles. The van der Waals surface area contributed by atoms with Crippen molar-refractivity contribution >= 4 is 23.6 Å². The van der Waals surface area contributed by atoms with E-state index in [2.05, 4.69) is 20.9 Å². The Labute approximate surface area is 224 Å². The van der Waals surface area contributed by atoms with Crippen molar-refractivity contribution in [2.75, 3.05) is 12.4 Å². The van der Waals surface area contributed by atoms with Crippen LogP contribution in [-0.2, 0) is 13.1 Å². The van der Waals surface area contributed by atoms with Gasteiger partial charge in [-0.15, -0.1) is 0 Å². The van der Waals surface area contributed by atoms with Crippen molar-refractivity contribution in [2.24, 2.45) is 0 Å². The van der Waals surface area contributed by atoms with Gasteiger partial charge in [-0.05, 0) is 71.8 Å². The molecule has 10 heteroatoms. The second-order valence-corrected chi connectivity index (χ2v) is 8.31. The molecule has 0 bridgehead atoms. The first-order chi connectivity index (χ1) is 18.9. The van der Waals surface area contributed by atoms with Crippen LogP contribution in [0.25, 0.3) is 0 Å². The summed E-state index contributed by atoms with van der Waals surface area (Å²) >= 11 is 0. The molecule has 39 heavy (non-hydrogen) atoms. The van der Waals surface area contributed by atoms with Gasteiger partial charge in [-0.2, -0.15) is 0 Å². The second kappa shape index (κ2) is 12.8. The van der Waals surface area contributed by atoms with E-state index in [1.807, 2.05) is 24.3 Å². The molecule has 0 atom stereocenters. The fourth-order valence-corrected chi connectivity index (χ4v) is 3.49. The number of ether oxygens (including phenoxy) is 2. The van der Waals surface area contributed by atoms with Crippen LogP contribution in [0, 0.1) is 5.82 Å². The lowest BCUT2D eigenvalue weighted by Gasteiger charge is -2.09. The predicted octanol–water partition coefficient (Wildman–Crippen LogP) is 4.70. The van der Waals surface area contributed by atoms with Crippen molar-refractivity contribution in [1.29, 1.82) is 0 Å². The fourth-order valence-electron chi connectivity index (χ4n) is 3.49. The molecule has 0 saturated heterocycles. The third kappa shape index (κ3) is 7.86. The van der Waals surface area contributed by atoms with Crippen molar-refractivity contribution < 1.29 is 28.2 Å². The number of rotatable bonds is 9. The van der Waals surface area contributed by atoms with Crippen LogP contribution in [0.5, 0.6) is 11.5 Å². The number of anilines is 1. The molecule has 0 spiro atoms. The molecule has 198 valence electrons. The minimum Gasteiger partial charge on any atom is -0.497 e. The lowest BCUT2D eigenvalue weighted by atomic mass is 10.1. The number of nitrogens with one attached hydrogen (secondary N) is 3. The van der Waals surface area contributed by atoms with E-state index in [9.17, 15) is 18.8 Å². The smallest absolute Gasteiger partial charge is 0.417 e. The zero-order chi connectivity index (χ0) is 27.6. The maximum atomic E-state index is 13.0. The van der Waals surface area contributed by atoms with Gasteiger partial charge >= 0.3 is 6.09 Å². The molecular formula is C29H25FN4O5. The molecule has 0 aliphatic heterocycles. The van der Waals surface area contributed by atoms with Crippen molar-refractivity contribution in [3.8, 4) is 11.5 Å². The molecule has 0 radical (unpaired) electrons. The van der Waals surface area contributed by atoms with Crippen LogP contribution in [0.15, 0.2) is 91.1 Å². The van der Waals surface area contributed by atoms with Crippen LogP contribution in [0.3, 0.4) is 0 Å². The van der Waals surface area contributed by atoms with Gasteiger partial charge in [-0.25, -0.2) is 9.18 Å². The van der Waals surface area contributed by atoms with Crippen molar-refractivity contribution in [3.05, 3.63) is 119 Å². The Kier molecular flexibility index (Phi) is 8.81. The Morgan fingerprint density at radius 1 is 0.795 bits per heavy atom. The van der Waals surface area contributed by atoms with E-state index in [1.54, 1.807) is 31.4 Å². The van der Waals surface area contributed by atoms with Crippen LogP contribution >= 0.6 is 0 Å². The molecule has 0 aliphatic carbocycles. The minimum atomic E-state index is -0.719. The number of halogens is 1. The van der Waals surface area contributed by atoms with Gasteiger partial charge in [0.1, 0.15) is 23.0 Å². The molecule has 0 saturated carbocycles. The minimum absolute atomic E-state index is 0.119. The molecular weight excluding hydrogens is 503 g/mol. The van der Waals surface area contributed by atoms with E-state index < -0.39 is 17.8 Å². The van der Waals surface area contributed by atoms with Crippen LogP contribution in [0.2, 0.25) is 0 Å². The van der Waals surface area contributed by atoms with E-state index in [0.29, 0.717) is 17.0 Å². The largest absolute Gasteiger partial charge is 0.497 e. The number of carbonyl (C=O) groups is 3. The Morgan fingerprint density at radius 3 is 2.26 bits per heavy atom. The highest BCUT2D eigenvalue weighted by atomic mass is 19.1.